The first-order chi connectivity index (χ1) is 9.96. The first-order valence-corrected chi connectivity index (χ1v) is 8.98. The number of hydrogen-bond acceptors (Lipinski definition) is 5. The Kier molecular flexibility index (Phi) is 8.57. The largest absolute Gasteiger partial charge is 0.480 e. The van der Waals surface area contributed by atoms with Crippen molar-refractivity contribution >= 4 is 21.9 Å². The Bertz CT molecular complexity index is 478. The molecular formula is C13H27N3O5S. The highest BCUT2D eigenvalue weighted by Gasteiger charge is 2.20. The van der Waals surface area contributed by atoms with E-state index in [0.29, 0.717) is 19.5 Å². The summed E-state index contributed by atoms with van der Waals surface area (Å²) in [6.45, 7) is 5.74. The number of sulfonamides is 1. The molecule has 2 N–H and O–H groups in total. The van der Waals surface area contributed by atoms with E-state index >= 15 is 0 Å². The highest BCUT2D eigenvalue weighted by Crippen LogP contribution is 2.05. The molecule has 0 heterocycles. The van der Waals surface area contributed by atoms with Gasteiger partial charge in [-0.15, -0.1) is 0 Å². The maximum atomic E-state index is 11.7. The maximum Gasteiger partial charge on any atom is 0.320 e. The molecule has 0 aromatic rings. The first kappa shape index (κ1) is 20.8. The van der Waals surface area contributed by atoms with Gasteiger partial charge in [0.1, 0.15) is 6.04 Å². The second kappa shape index (κ2) is 9.06. The lowest BCUT2D eigenvalue weighted by Gasteiger charge is -2.24. The van der Waals surface area contributed by atoms with Crippen molar-refractivity contribution in [2.45, 2.75) is 39.3 Å². The third kappa shape index (κ3) is 7.71. The smallest absolute Gasteiger partial charge is 0.320 e. The zero-order chi connectivity index (χ0) is 17.5. The molecule has 1 unspecified atom stereocenters. The summed E-state index contributed by atoms with van der Waals surface area (Å²) in [4.78, 5) is 23.9. The molecule has 0 aliphatic heterocycles. The summed E-state index contributed by atoms with van der Waals surface area (Å²) < 4.78 is 24.5. The van der Waals surface area contributed by atoms with E-state index in [2.05, 4.69) is 5.32 Å². The Balaban J connectivity index is 4.16. The van der Waals surface area contributed by atoms with E-state index in [1.165, 1.54) is 16.1 Å². The molecule has 0 rings (SSSR count). The number of amides is 1. The predicted molar refractivity (Wildman–Crippen MR) is 84.0 cm³/mol. The van der Waals surface area contributed by atoms with Crippen LogP contribution in [0, 0.1) is 0 Å². The Labute approximate surface area is 132 Å². The van der Waals surface area contributed by atoms with Crippen molar-refractivity contribution in [3.8, 4) is 0 Å². The van der Waals surface area contributed by atoms with Gasteiger partial charge in [-0.2, -0.15) is 4.31 Å². The van der Waals surface area contributed by atoms with Crippen LogP contribution in [0.25, 0.3) is 0 Å². The average molecular weight is 337 g/mol. The molecule has 0 aliphatic carbocycles. The Morgan fingerprint density at radius 2 is 1.77 bits per heavy atom. The standard InChI is InChI=1S/C13H27N3O5S/c1-10(2)16(22(5,20)21)8-6-7-14-12(17)9-15(4)11(3)13(18)19/h10-11H,6-9H2,1-5H3,(H,14,17)(H,18,19). The van der Waals surface area contributed by atoms with Gasteiger partial charge in [-0.25, -0.2) is 8.42 Å². The third-order valence-corrected chi connectivity index (χ3v) is 4.75. The van der Waals surface area contributed by atoms with Gasteiger partial charge in [0.15, 0.2) is 0 Å². The number of carbonyl (C=O) groups excluding carboxylic acids is 1. The van der Waals surface area contributed by atoms with Crippen LogP contribution in [0.1, 0.15) is 27.2 Å². The van der Waals surface area contributed by atoms with Gasteiger partial charge >= 0.3 is 5.97 Å². The lowest BCUT2D eigenvalue weighted by Crippen LogP contribution is -2.43. The van der Waals surface area contributed by atoms with Crippen LogP contribution in [0.5, 0.6) is 0 Å². The van der Waals surface area contributed by atoms with Crippen LogP contribution in [0.3, 0.4) is 0 Å². The van der Waals surface area contributed by atoms with Gasteiger partial charge in [-0.3, -0.25) is 14.5 Å². The monoisotopic (exact) mass is 337 g/mol. The molecule has 130 valence electrons. The fourth-order valence-corrected chi connectivity index (χ4v) is 3.10. The van der Waals surface area contributed by atoms with Crippen molar-refractivity contribution in [1.29, 1.82) is 0 Å². The van der Waals surface area contributed by atoms with Crippen LogP contribution in [0.4, 0.5) is 0 Å². The van der Waals surface area contributed by atoms with Crippen LogP contribution in [-0.4, -0.2) is 79.6 Å². The quantitative estimate of drug-likeness (QED) is 0.524. The van der Waals surface area contributed by atoms with Gasteiger partial charge in [0.05, 0.1) is 12.8 Å². The maximum absolute atomic E-state index is 11.7. The number of nitrogens with zero attached hydrogens (tertiary/aromatic N) is 2. The molecule has 0 aromatic heterocycles. The molecule has 0 bridgehead atoms. The number of rotatable bonds is 10. The van der Waals surface area contributed by atoms with Crippen molar-refractivity contribution < 1.29 is 23.1 Å². The minimum atomic E-state index is -3.26. The minimum absolute atomic E-state index is 0.0204. The normalized spacial score (nSPS) is 13.6. The fraction of sp³-hybridized carbons (Fsp3) is 0.846. The molecular weight excluding hydrogens is 310 g/mol. The van der Waals surface area contributed by atoms with Crippen LogP contribution in [0.2, 0.25) is 0 Å². The molecule has 0 radical (unpaired) electrons. The zero-order valence-electron chi connectivity index (χ0n) is 13.9. The molecule has 0 saturated carbocycles. The van der Waals surface area contributed by atoms with Gasteiger partial charge in [-0.05, 0) is 34.2 Å². The van der Waals surface area contributed by atoms with Crippen molar-refractivity contribution in [3.63, 3.8) is 0 Å². The molecule has 22 heavy (non-hydrogen) atoms. The number of hydrogen-bond donors (Lipinski definition) is 2. The van der Waals surface area contributed by atoms with Crippen LogP contribution >= 0.6 is 0 Å². The summed E-state index contributed by atoms with van der Waals surface area (Å²) in [6.07, 6.45) is 1.66. The Morgan fingerprint density at radius 1 is 1.23 bits per heavy atom. The van der Waals surface area contributed by atoms with Gasteiger partial charge in [0.25, 0.3) is 0 Å². The van der Waals surface area contributed by atoms with Crippen molar-refractivity contribution in [1.82, 2.24) is 14.5 Å². The number of nitrogens with one attached hydrogen (secondary N) is 1. The number of carboxylic acid groups (broad SMARTS) is 1. The van der Waals surface area contributed by atoms with Crippen molar-refractivity contribution in [3.05, 3.63) is 0 Å². The lowest BCUT2D eigenvalue weighted by molar-refractivity contribution is -0.142. The lowest BCUT2D eigenvalue weighted by atomic mass is 10.3. The van der Waals surface area contributed by atoms with Crippen LogP contribution in [-0.2, 0) is 19.6 Å². The van der Waals surface area contributed by atoms with Crippen LogP contribution in [0.15, 0.2) is 0 Å². The molecule has 0 fully saturated rings. The van der Waals surface area contributed by atoms with Gasteiger partial charge in [0.2, 0.25) is 15.9 Å². The molecule has 1 atom stereocenters. The fourth-order valence-electron chi connectivity index (χ4n) is 1.88. The van der Waals surface area contributed by atoms with E-state index in [4.69, 9.17) is 5.11 Å². The van der Waals surface area contributed by atoms with E-state index in [1.54, 1.807) is 20.9 Å². The number of likely N-dealkylation sites (N-methyl/N-ethyl adjacent to an activating group) is 1. The molecule has 0 spiro atoms. The molecule has 0 aliphatic rings. The molecule has 0 aromatic carbocycles. The van der Waals surface area contributed by atoms with E-state index in [0.717, 1.165) is 6.26 Å². The second-order valence-electron chi connectivity index (χ2n) is 5.60. The van der Waals surface area contributed by atoms with E-state index in [9.17, 15) is 18.0 Å². The van der Waals surface area contributed by atoms with E-state index < -0.39 is 22.0 Å². The second-order valence-corrected chi connectivity index (χ2v) is 7.54. The highest BCUT2D eigenvalue weighted by atomic mass is 32.2. The van der Waals surface area contributed by atoms with Gasteiger partial charge in [0, 0.05) is 19.1 Å². The summed E-state index contributed by atoms with van der Waals surface area (Å²) in [5.74, 6) is -1.28. The SMILES string of the molecule is CC(C(=O)O)N(C)CC(=O)NCCCN(C(C)C)S(C)(=O)=O. The number of carboxylic acids is 1. The van der Waals surface area contributed by atoms with E-state index in [1.807, 2.05) is 0 Å². The first-order valence-electron chi connectivity index (χ1n) is 7.13. The van der Waals surface area contributed by atoms with Crippen molar-refractivity contribution in [2.24, 2.45) is 0 Å². The topological polar surface area (TPSA) is 107 Å². The highest BCUT2D eigenvalue weighted by molar-refractivity contribution is 7.88. The summed E-state index contributed by atoms with van der Waals surface area (Å²) in [7, 11) is -1.70. The average Bonchev–Trinajstić information content (AvgIpc) is 2.34. The van der Waals surface area contributed by atoms with Crippen LogP contribution < -0.4 is 5.32 Å². The number of carbonyl (C=O) groups is 2. The zero-order valence-corrected chi connectivity index (χ0v) is 14.7. The summed E-state index contributed by atoms with van der Waals surface area (Å²) in [6, 6.07) is -0.874. The van der Waals surface area contributed by atoms with Crippen molar-refractivity contribution in [2.75, 3.05) is 32.9 Å². The number of aliphatic carboxylic acids is 1. The van der Waals surface area contributed by atoms with Gasteiger partial charge < -0.3 is 10.4 Å². The Morgan fingerprint density at radius 3 is 2.18 bits per heavy atom. The molecule has 9 heteroatoms. The van der Waals surface area contributed by atoms with Gasteiger partial charge in [-0.1, -0.05) is 0 Å². The molecule has 1 amide bonds. The minimum Gasteiger partial charge on any atom is -0.480 e. The predicted octanol–water partition coefficient (Wildman–Crippen LogP) is -0.432. The molecule has 0 saturated heterocycles. The third-order valence-electron chi connectivity index (χ3n) is 3.29. The van der Waals surface area contributed by atoms with E-state index in [-0.39, 0.29) is 18.5 Å². The summed E-state index contributed by atoms with van der Waals surface area (Å²) >= 11 is 0. The Hall–Kier alpha value is -1.19. The summed E-state index contributed by atoms with van der Waals surface area (Å²) in [5.41, 5.74) is 0. The molecule has 8 nitrogen and oxygen atoms in total. The summed E-state index contributed by atoms with van der Waals surface area (Å²) in [5, 5.41) is 11.5.